The number of fused-ring (bicyclic) bond motifs is 1. The van der Waals surface area contributed by atoms with Crippen LogP contribution >= 0.6 is 11.3 Å². The zero-order chi connectivity index (χ0) is 14.9. The average Bonchev–Trinajstić information content (AvgIpc) is 3.26. The first kappa shape index (κ1) is 13.3. The number of benzene rings is 1. The van der Waals surface area contributed by atoms with Crippen LogP contribution in [-0.2, 0) is 12.8 Å². The van der Waals surface area contributed by atoms with E-state index >= 15 is 0 Å². The number of aromatic nitrogens is 1. The van der Waals surface area contributed by atoms with Crippen molar-refractivity contribution < 1.29 is 9.21 Å². The number of carbonyl (C=O) groups excluding carboxylic acids is 1. The third kappa shape index (κ3) is 2.33. The van der Waals surface area contributed by atoms with Crippen LogP contribution in [0.1, 0.15) is 28.0 Å². The molecule has 1 aliphatic carbocycles. The first-order chi connectivity index (χ1) is 10.8. The third-order valence-corrected chi connectivity index (χ3v) is 4.75. The molecule has 1 N–H and O–H groups in total. The molecule has 5 heteroatoms. The predicted molar refractivity (Wildman–Crippen MR) is 86.2 cm³/mol. The van der Waals surface area contributed by atoms with Crippen LogP contribution in [-0.4, -0.2) is 10.9 Å². The summed E-state index contributed by atoms with van der Waals surface area (Å²) in [5.74, 6) is 0.281. The van der Waals surface area contributed by atoms with E-state index in [2.05, 4.69) is 22.4 Å². The van der Waals surface area contributed by atoms with E-state index in [0.717, 1.165) is 23.4 Å². The fraction of sp³-hybridized carbons (Fsp3) is 0.176. The van der Waals surface area contributed by atoms with Crippen molar-refractivity contribution >= 4 is 22.9 Å². The zero-order valence-corrected chi connectivity index (χ0v) is 12.7. The van der Waals surface area contributed by atoms with Crippen molar-refractivity contribution in [3.63, 3.8) is 0 Å². The summed E-state index contributed by atoms with van der Waals surface area (Å²) >= 11 is 1.52. The molecule has 0 fully saturated rings. The van der Waals surface area contributed by atoms with Crippen LogP contribution in [0, 0.1) is 0 Å². The second-order valence-electron chi connectivity index (χ2n) is 5.30. The topological polar surface area (TPSA) is 55.1 Å². The Balaban J connectivity index is 1.59. The summed E-state index contributed by atoms with van der Waals surface area (Å²) < 4.78 is 5.38. The van der Waals surface area contributed by atoms with Crippen molar-refractivity contribution in [3.05, 3.63) is 58.9 Å². The van der Waals surface area contributed by atoms with Gasteiger partial charge in [0, 0.05) is 5.69 Å². The highest BCUT2D eigenvalue weighted by Crippen LogP contribution is 2.29. The molecular weight excluding hydrogens is 296 g/mol. The maximum atomic E-state index is 12.5. The van der Waals surface area contributed by atoms with Crippen LogP contribution in [0.2, 0.25) is 0 Å². The molecule has 0 bridgehead atoms. The van der Waals surface area contributed by atoms with Crippen molar-refractivity contribution in [1.29, 1.82) is 0 Å². The quantitative estimate of drug-likeness (QED) is 0.791. The van der Waals surface area contributed by atoms with Crippen LogP contribution < -0.4 is 5.32 Å². The van der Waals surface area contributed by atoms with Gasteiger partial charge < -0.3 is 9.73 Å². The van der Waals surface area contributed by atoms with Gasteiger partial charge in [0.25, 0.3) is 5.91 Å². The number of nitrogens with one attached hydrogen (secondary N) is 1. The Hall–Kier alpha value is -2.40. The molecule has 1 amide bonds. The van der Waals surface area contributed by atoms with Gasteiger partial charge in [0.1, 0.15) is 0 Å². The number of hydrogen-bond acceptors (Lipinski definition) is 4. The second kappa shape index (κ2) is 5.42. The van der Waals surface area contributed by atoms with Crippen LogP contribution in [0.5, 0.6) is 0 Å². The van der Waals surface area contributed by atoms with Gasteiger partial charge in [-0.25, -0.2) is 4.98 Å². The number of thiophene rings is 1. The lowest BCUT2D eigenvalue weighted by molar-refractivity contribution is 0.102. The van der Waals surface area contributed by atoms with Gasteiger partial charge in [-0.15, -0.1) is 11.3 Å². The van der Waals surface area contributed by atoms with Crippen LogP contribution in [0.15, 0.2) is 46.5 Å². The van der Waals surface area contributed by atoms with Crippen molar-refractivity contribution in [2.45, 2.75) is 19.3 Å². The summed E-state index contributed by atoms with van der Waals surface area (Å²) in [5.41, 5.74) is 3.85. The highest BCUT2D eigenvalue weighted by molar-refractivity contribution is 7.13. The van der Waals surface area contributed by atoms with Crippen molar-refractivity contribution in [3.8, 4) is 10.6 Å². The van der Waals surface area contributed by atoms with Gasteiger partial charge >= 0.3 is 0 Å². The molecule has 2 heterocycles. The Morgan fingerprint density at radius 2 is 2.14 bits per heavy atom. The van der Waals surface area contributed by atoms with Gasteiger partial charge in [0.15, 0.2) is 17.8 Å². The number of hydrogen-bond donors (Lipinski definition) is 1. The fourth-order valence-electron chi connectivity index (χ4n) is 2.83. The Bertz CT molecular complexity index is 821. The molecule has 0 spiro atoms. The van der Waals surface area contributed by atoms with E-state index in [0.29, 0.717) is 11.5 Å². The monoisotopic (exact) mass is 310 g/mol. The van der Waals surface area contributed by atoms with E-state index in [9.17, 15) is 4.79 Å². The molecule has 110 valence electrons. The van der Waals surface area contributed by atoms with Gasteiger partial charge in [-0.1, -0.05) is 12.1 Å². The second-order valence-corrected chi connectivity index (χ2v) is 6.25. The van der Waals surface area contributed by atoms with Gasteiger partial charge in [-0.2, -0.15) is 0 Å². The highest BCUT2D eigenvalue weighted by atomic mass is 32.1. The molecule has 3 aromatic rings. The van der Waals surface area contributed by atoms with Crippen molar-refractivity contribution in [1.82, 2.24) is 4.98 Å². The summed E-state index contributed by atoms with van der Waals surface area (Å²) in [7, 11) is 0. The van der Waals surface area contributed by atoms with Crippen molar-refractivity contribution in [2.75, 3.05) is 5.32 Å². The normalized spacial score (nSPS) is 13.1. The number of amides is 1. The summed E-state index contributed by atoms with van der Waals surface area (Å²) in [6.45, 7) is 0. The maximum Gasteiger partial charge on any atom is 0.278 e. The molecule has 1 aliphatic rings. The molecule has 0 saturated heterocycles. The van der Waals surface area contributed by atoms with E-state index in [4.69, 9.17) is 4.42 Å². The molecule has 0 radical (unpaired) electrons. The van der Waals surface area contributed by atoms with Crippen molar-refractivity contribution in [2.24, 2.45) is 0 Å². The number of oxazole rings is 1. The Morgan fingerprint density at radius 3 is 3.00 bits per heavy atom. The van der Waals surface area contributed by atoms with E-state index in [-0.39, 0.29) is 5.91 Å². The fourth-order valence-corrected chi connectivity index (χ4v) is 3.54. The van der Waals surface area contributed by atoms with Crippen LogP contribution in [0.3, 0.4) is 0 Å². The molecule has 4 rings (SSSR count). The Kier molecular flexibility index (Phi) is 3.27. The molecule has 0 unspecified atom stereocenters. The number of nitrogens with zero attached hydrogens (tertiary/aromatic N) is 1. The van der Waals surface area contributed by atoms with Gasteiger partial charge in [0.2, 0.25) is 0 Å². The van der Waals surface area contributed by atoms with Crippen LogP contribution in [0.4, 0.5) is 5.69 Å². The largest absolute Gasteiger partial charge is 0.442 e. The maximum absolute atomic E-state index is 12.5. The predicted octanol–water partition coefficient (Wildman–Crippen LogP) is 4.14. The van der Waals surface area contributed by atoms with E-state index in [1.54, 1.807) is 0 Å². The molecule has 1 aromatic carbocycles. The Labute approximate surface area is 131 Å². The standard InChI is InChI=1S/C17H14N2O2S/c20-17(15-16(21-10-18-15)14-5-2-8-22-14)19-13-7-6-11-3-1-4-12(11)9-13/h2,5-10H,1,3-4H2,(H,19,20). The summed E-state index contributed by atoms with van der Waals surface area (Å²) in [4.78, 5) is 17.4. The third-order valence-electron chi connectivity index (χ3n) is 3.88. The minimum absolute atomic E-state index is 0.241. The first-order valence-electron chi connectivity index (χ1n) is 7.22. The smallest absolute Gasteiger partial charge is 0.278 e. The molecule has 0 saturated carbocycles. The Morgan fingerprint density at radius 1 is 1.23 bits per heavy atom. The highest BCUT2D eigenvalue weighted by Gasteiger charge is 2.19. The molecule has 4 nitrogen and oxygen atoms in total. The summed E-state index contributed by atoms with van der Waals surface area (Å²) in [6, 6.07) is 9.95. The number of anilines is 1. The SMILES string of the molecule is O=C(Nc1ccc2c(c1)CCC2)c1ncoc1-c1cccs1. The molecule has 22 heavy (non-hydrogen) atoms. The lowest BCUT2D eigenvalue weighted by Gasteiger charge is -2.06. The molecule has 2 aromatic heterocycles. The average molecular weight is 310 g/mol. The summed E-state index contributed by atoms with van der Waals surface area (Å²) in [5, 5.41) is 4.86. The number of aryl methyl sites for hydroxylation is 2. The van der Waals surface area contributed by atoms with E-state index in [1.807, 2.05) is 23.6 Å². The number of rotatable bonds is 3. The number of carbonyl (C=O) groups is 1. The minimum atomic E-state index is -0.241. The lowest BCUT2D eigenvalue weighted by Crippen LogP contribution is -2.13. The van der Waals surface area contributed by atoms with Gasteiger partial charge in [0.05, 0.1) is 4.88 Å². The molecule has 0 atom stereocenters. The molecule has 0 aliphatic heterocycles. The van der Waals surface area contributed by atoms with Gasteiger partial charge in [-0.3, -0.25) is 4.79 Å². The zero-order valence-electron chi connectivity index (χ0n) is 11.8. The van der Waals surface area contributed by atoms with E-state index < -0.39 is 0 Å². The van der Waals surface area contributed by atoms with Gasteiger partial charge in [-0.05, 0) is 54.0 Å². The summed E-state index contributed by atoms with van der Waals surface area (Å²) in [6.07, 6.45) is 4.73. The lowest BCUT2D eigenvalue weighted by atomic mass is 10.1. The first-order valence-corrected chi connectivity index (χ1v) is 8.10. The molecular formula is C17H14N2O2S. The van der Waals surface area contributed by atoms with E-state index in [1.165, 1.54) is 35.3 Å². The van der Waals surface area contributed by atoms with Crippen LogP contribution in [0.25, 0.3) is 10.6 Å². The minimum Gasteiger partial charge on any atom is -0.442 e.